The normalized spacial score (nSPS) is 19.0. The molecule has 2 saturated carbocycles. The van der Waals surface area contributed by atoms with E-state index in [9.17, 15) is 0 Å². The van der Waals surface area contributed by atoms with E-state index < -0.39 is 0 Å². The average molecular weight is 417 g/mol. The molecule has 2 aliphatic carbocycles. The fraction of sp³-hybridized carbons (Fsp3) is 0.375. The third-order valence-corrected chi connectivity index (χ3v) is 8.76. The molecular formula is C32H32. The summed E-state index contributed by atoms with van der Waals surface area (Å²) in [6, 6.07) is 23.6. The fourth-order valence-electron chi connectivity index (χ4n) is 7.35. The first-order valence-electron chi connectivity index (χ1n) is 13.0. The third-order valence-electron chi connectivity index (χ3n) is 8.76. The molecule has 7 rings (SSSR count). The van der Waals surface area contributed by atoms with Gasteiger partial charge >= 0.3 is 0 Å². The van der Waals surface area contributed by atoms with Crippen molar-refractivity contribution in [3.63, 3.8) is 0 Å². The van der Waals surface area contributed by atoms with Crippen LogP contribution in [0.3, 0.4) is 0 Å². The number of hydrogen-bond donors (Lipinski definition) is 0. The summed E-state index contributed by atoms with van der Waals surface area (Å²) in [4.78, 5) is 0. The minimum absolute atomic E-state index is 0.730. The van der Waals surface area contributed by atoms with Crippen LogP contribution in [0.4, 0.5) is 0 Å². The second-order valence-electron chi connectivity index (χ2n) is 10.5. The van der Waals surface area contributed by atoms with Crippen LogP contribution in [0.2, 0.25) is 0 Å². The Morgan fingerprint density at radius 3 is 1.72 bits per heavy atom. The Hall–Kier alpha value is -2.60. The molecule has 0 radical (unpaired) electrons. The molecule has 0 N–H and O–H groups in total. The second-order valence-corrected chi connectivity index (χ2v) is 10.5. The second kappa shape index (κ2) is 7.48. The first-order valence-corrected chi connectivity index (χ1v) is 13.0. The largest absolute Gasteiger partial charge is 0.0610 e. The molecule has 0 aliphatic heterocycles. The minimum Gasteiger partial charge on any atom is -0.0610 e. The Bertz CT molecular complexity index is 1420. The molecule has 0 atom stereocenters. The van der Waals surface area contributed by atoms with Crippen molar-refractivity contribution < 1.29 is 0 Å². The van der Waals surface area contributed by atoms with Crippen LogP contribution < -0.4 is 0 Å². The molecular weight excluding hydrogens is 384 g/mol. The summed E-state index contributed by atoms with van der Waals surface area (Å²) < 4.78 is 0. The molecule has 0 bridgehead atoms. The van der Waals surface area contributed by atoms with Gasteiger partial charge in [0.2, 0.25) is 0 Å². The van der Waals surface area contributed by atoms with Crippen molar-refractivity contribution in [3.05, 3.63) is 71.8 Å². The van der Waals surface area contributed by atoms with Gasteiger partial charge in [-0.2, -0.15) is 0 Å². The summed E-state index contributed by atoms with van der Waals surface area (Å²) in [6.07, 6.45) is 13.9. The summed E-state index contributed by atoms with van der Waals surface area (Å²) >= 11 is 0. The van der Waals surface area contributed by atoms with Gasteiger partial charge in [0, 0.05) is 0 Å². The highest BCUT2D eigenvalue weighted by molar-refractivity contribution is 6.33. The first kappa shape index (κ1) is 18.9. The topological polar surface area (TPSA) is 0 Å². The van der Waals surface area contributed by atoms with Crippen molar-refractivity contribution in [3.8, 4) is 0 Å². The molecule has 0 unspecified atom stereocenters. The standard InChI is InChI=1S/C32H32/c1-3-10-21(11-4-1)28-20-24-16-9-18-26-25-17-7-14-22-15-8-19-27(29(22)25)32(31(24)26)30(28)23-12-5-2-6-13-23/h7-9,14-21,23H,1-6,10-13H2. The molecule has 2 aliphatic rings. The van der Waals surface area contributed by atoms with Crippen molar-refractivity contribution in [2.24, 2.45) is 0 Å². The van der Waals surface area contributed by atoms with E-state index in [0.717, 1.165) is 11.8 Å². The van der Waals surface area contributed by atoms with Gasteiger partial charge in [-0.1, -0.05) is 99.2 Å². The van der Waals surface area contributed by atoms with Crippen LogP contribution in [0, 0.1) is 0 Å². The lowest BCUT2D eigenvalue weighted by Gasteiger charge is -2.32. The van der Waals surface area contributed by atoms with Gasteiger partial charge in [0.25, 0.3) is 0 Å². The minimum atomic E-state index is 0.730. The van der Waals surface area contributed by atoms with E-state index >= 15 is 0 Å². The third kappa shape index (κ3) is 2.75. The maximum atomic E-state index is 2.64. The first-order chi connectivity index (χ1) is 15.9. The van der Waals surface area contributed by atoms with E-state index in [4.69, 9.17) is 0 Å². The average Bonchev–Trinajstić information content (AvgIpc) is 2.87. The maximum absolute atomic E-state index is 2.64. The molecule has 0 amide bonds. The van der Waals surface area contributed by atoms with Crippen molar-refractivity contribution in [1.82, 2.24) is 0 Å². The maximum Gasteiger partial charge on any atom is -0.00233 e. The molecule has 0 heteroatoms. The van der Waals surface area contributed by atoms with E-state index in [2.05, 4.69) is 60.7 Å². The predicted octanol–water partition coefficient (Wildman–Crippen LogP) is 9.83. The number of hydrogen-bond acceptors (Lipinski definition) is 0. The van der Waals surface area contributed by atoms with Crippen molar-refractivity contribution in [2.75, 3.05) is 0 Å². The zero-order valence-corrected chi connectivity index (χ0v) is 19.0. The highest BCUT2D eigenvalue weighted by Gasteiger charge is 2.28. The Labute approximate surface area is 191 Å². The molecule has 0 spiro atoms. The van der Waals surface area contributed by atoms with Crippen LogP contribution in [-0.4, -0.2) is 0 Å². The molecule has 5 aromatic rings. The van der Waals surface area contributed by atoms with Crippen LogP contribution in [0.15, 0.2) is 60.7 Å². The van der Waals surface area contributed by atoms with Gasteiger partial charge in [-0.25, -0.2) is 0 Å². The van der Waals surface area contributed by atoms with Crippen LogP contribution in [0.5, 0.6) is 0 Å². The number of benzene rings is 5. The summed E-state index contributed by atoms with van der Waals surface area (Å²) in [6.45, 7) is 0. The molecule has 2 fully saturated rings. The van der Waals surface area contributed by atoms with Crippen LogP contribution in [-0.2, 0) is 0 Å². The molecule has 0 nitrogen and oxygen atoms in total. The van der Waals surface area contributed by atoms with Gasteiger partial charge in [-0.3, -0.25) is 0 Å². The van der Waals surface area contributed by atoms with Gasteiger partial charge < -0.3 is 0 Å². The lowest BCUT2D eigenvalue weighted by molar-refractivity contribution is 0.421. The summed E-state index contributed by atoms with van der Waals surface area (Å²) in [5, 5.41) is 11.8. The van der Waals surface area contributed by atoms with Crippen molar-refractivity contribution in [2.45, 2.75) is 76.0 Å². The Kier molecular flexibility index (Phi) is 4.42. The Morgan fingerprint density at radius 1 is 0.469 bits per heavy atom. The van der Waals surface area contributed by atoms with E-state index in [1.807, 2.05) is 0 Å². The molecule has 32 heavy (non-hydrogen) atoms. The van der Waals surface area contributed by atoms with Gasteiger partial charge in [-0.05, 0) is 91.7 Å². The lowest BCUT2D eigenvalue weighted by atomic mass is 9.72. The Balaban J connectivity index is 1.69. The molecule has 5 aromatic carbocycles. The van der Waals surface area contributed by atoms with Gasteiger partial charge in [-0.15, -0.1) is 0 Å². The van der Waals surface area contributed by atoms with E-state index in [0.29, 0.717) is 0 Å². The summed E-state index contributed by atoms with van der Waals surface area (Å²) in [7, 11) is 0. The van der Waals surface area contributed by atoms with Gasteiger partial charge in [0.05, 0.1) is 0 Å². The quantitative estimate of drug-likeness (QED) is 0.198. The van der Waals surface area contributed by atoms with Gasteiger partial charge in [0.1, 0.15) is 0 Å². The highest BCUT2D eigenvalue weighted by Crippen LogP contribution is 2.49. The van der Waals surface area contributed by atoms with E-state index in [1.54, 1.807) is 16.5 Å². The predicted molar refractivity (Wildman–Crippen MR) is 139 cm³/mol. The Morgan fingerprint density at radius 2 is 1.03 bits per heavy atom. The van der Waals surface area contributed by atoms with Crippen LogP contribution in [0.1, 0.15) is 87.2 Å². The summed E-state index contributed by atoms with van der Waals surface area (Å²) in [5.74, 6) is 1.48. The molecule has 160 valence electrons. The fourth-order valence-corrected chi connectivity index (χ4v) is 7.35. The highest BCUT2D eigenvalue weighted by atomic mass is 14.3. The van der Waals surface area contributed by atoms with Crippen molar-refractivity contribution in [1.29, 1.82) is 0 Å². The van der Waals surface area contributed by atoms with Gasteiger partial charge in [0.15, 0.2) is 0 Å². The van der Waals surface area contributed by atoms with Crippen molar-refractivity contribution >= 4 is 43.1 Å². The summed E-state index contributed by atoms with van der Waals surface area (Å²) in [5.41, 5.74) is 3.46. The zero-order chi connectivity index (χ0) is 21.1. The number of rotatable bonds is 2. The smallest absolute Gasteiger partial charge is 0.00233 e. The van der Waals surface area contributed by atoms with Crippen LogP contribution >= 0.6 is 0 Å². The van der Waals surface area contributed by atoms with E-state index in [1.165, 1.54) is 102 Å². The lowest BCUT2D eigenvalue weighted by Crippen LogP contribution is -2.13. The molecule has 0 saturated heterocycles. The zero-order valence-electron chi connectivity index (χ0n) is 19.0. The SMILES string of the molecule is c1cc2cccc3c4c(C5CCCCC5)c(C5CCCCC5)cc5cccc(c(c1)c23)c54. The number of fused-ring (bicyclic) bond motifs is 2. The molecule has 0 aromatic heterocycles. The molecule has 0 heterocycles. The van der Waals surface area contributed by atoms with Crippen LogP contribution in [0.25, 0.3) is 43.1 Å². The monoisotopic (exact) mass is 416 g/mol. The van der Waals surface area contributed by atoms with E-state index in [-0.39, 0.29) is 0 Å².